The molecule has 0 radical (unpaired) electrons. The van der Waals surface area contributed by atoms with Crippen molar-refractivity contribution < 1.29 is 28.8 Å². The molecule has 1 heterocycles. The highest BCUT2D eigenvalue weighted by Gasteiger charge is 2.68. The van der Waals surface area contributed by atoms with Gasteiger partial charge in [-0.25, -0.2) is 0 Å². The Labute approximate surface area is 242 Å². The maximum absolute atomic E-state index is 12.1. The van der Waals surface area contributed by atoms with Gasteiger partial charge in [0.15, 0.2) is 14.6 Å². The molecule has 1 aliphatic heterocycles. The van der Waals surface area contributed by atoms with E-state index in [-0.39, 0.29) is 35.2 Å². The maximum Gasteiger partial charge on any atom is 0.192 e. The summed E-state index contributed by atoms with van der Waals surface area (Å²) in [6.45, 7) is 22.5. The van der Waals surface area contributed by atoms with E-state index in [1.165, 1.54) is 0 Å². The Hall–Kier alpha value is -1.22. The van der Waals surface area contributed by atoms with Crippen LogP contribution in [0.15, 0.2) is 36.4 Å². The molecule has 40 heavy (non-hydrogen) atoms. The highest BCUT2D eigenvalue weighted by molar-refractivity contribution is 6.74. The lowest BCUT2D eigenvalue weighted by Gasteiger charge is -2.55. The fraction of sp³-hybridized carbons (Fsp3) is 0.758. The Morgan fingerprint density at radius 1 is 1.05 bits per heavy atom. The molecule has 2 N–H and O–H groups in total. The first-order chi connectivity index (χ1) is 18.5. The van der Waals surface area contributed by atoms with Gasteiger partial charge in [-0.1, -0.05) is 65.8 Å². The van der Waals surface area contributed by atoms with Crippen LogP contribution in [0.1, 0.15) is 85.5 Å². The van der Waals surface area contributed by atoms with Crippen LogP contribution in [0, 0.1) is 22.7 Å². The van der Waals surface area contributed by atoms with E-state index < -0.39 is 37.1 Å². The largest absolute Gasteiger partial charge is 0.497 e. The summed E-state index contributed by atoms with van der Waals surface area (Å²) in [5, 5.41) is 23.9. The van der Waals surface area contributed by atoms with Crippen molar-refractivity contribution in [1.29, 1.82) is 0 Å². The highest BCUT2D eigenvalue weighted by Crippen LogP contribution is 2.64. The number of fused-ring (bicyclic) bond motifs is 6. The highest BCUT2D eigenvalue weighted by atomic mass is 28.4. The minimum absolute atomic E-state index is 0.0136. The van der Waals surface area contributed by atoms with E-state index in [2.05, 4.69) is 61.2 Å². The number of hydrogen-bond acceptors (Lipinski definition) is 6. The second-order valence-corrected chi connectivity index (χ2v) is 20.0. The van der Waals surface area contributed by atoms with Crippen molar-refractivity contribution >= 4 is 8.32 Å². The first-order valence-corrected chi connectivity index (χ1v) is 18.1. The third-order valence-corrected chi connectivity index (χ3v) is 16.5. The molecule has 0 spiro atoms. The number of aliphatic hydroxyl groups is 2. The summed E-state index contributed by atoms with van der Waals surface area (Å²) >= 11 is 0. The SMILES string of the molecule is C=C1CC[C@H](O[Si](C)(C)C(C)(C)C)[C@]2(C)[C@@H]1C[C@H](O)[C@]1(O)CC[C@H]([C@H]3O[C@H](c4ccc(OC)cc4)O[C@H]32)C1(C)C. The van der Waals surface area contributed by atoms with Crippen LogP contribution < -0.4 is 4.74 Å². The topological polar surface area (TPSA) is 77.4 Å². The van der Waals surface area contributed by atoms with E-state index >= 15 is 0 Å². The number of aliphatic hydroxyl groups excluding tert-OH is 1. The van der Waals surface area contributed by atoms with Gasteiger partial charge in [-0.2, -0.15) is 0 Å². The van der Waals surface area contributed by atoms with Crippen molar-refractivity contribution in [2.45, 2.75) is 128 Å². The molecule has 5 rings (SSSR count). The molecule has 0 aromatic heterocycles. The van der Waals surface area contributed by atoms with Crippen molar-refractivity contribution in [1.82, 2.24) is 0 Å². The van der Waals surface area contributed by atoms with Crippen LogP contribution in [0.3, 0.4) is 0 Å². The van der Waals surface area contributed by atoms with Crippen molar-refractivity contribution in [2.75, 3.05) is 7.11 Å². The molecule has 9 atom stereocenters. The third kappa shape index (κ3) is 4.46. The number of allylic oxidation sites excluding steroid dienone is 1. The van der Waals surface area contributed by atoms with Gasteiger partial charge in [0, 0.05) is 16.4 Å². The second kappa shape index (κ2) is 9.92. The molecule has 0 unspecified atom stereocenters. The van der Waals surface area contributed by atoms with Crippen LogP contribution in [0.5, 0.6) is 5.75 Å². The Balaban J connectivity index is 1.64. The van der Waals surface area contributed by atoms with E-state index in [0.717, 1.165) is 36.1 Å². The Morgan fingerprint density at radius 2 is 1.70 bits per heavy atom. The lowest BCUT2D eigenvalue weighted by atomic mass is 9.58. The summed E-state index contributed by atoms with van der Waals surface area (Å²) in [4.78, 5) is 0. The first-order valence-electron chi connectivity index (χ1n) is 15.2. The van der Waals surface area contributed by atoms with Crippen LogP contribution in [-0.4, -0.2) is 55.7 Å². The minimum Gasteiger partial charge on any atom is -0.497 e. The maximum atomic E-state index is 12.1. The van der Waals surface area contributed by atoms with E-state index in [4.69, 9.17) is 18.6 Å². The zero-order chi connectivity index (χ0) is 29.5. The van der Waals surface area contributed by atoms with Gasteiger partial charge in [-0.3, -0.25) is 0 Å². The average molecular weight is 573 g/mol. The third-order valence-electron chi connectivity index (χ3n) is 12.0. The van der Waals surface area contributed by atoms with Crippen molar-refractivity contribution in [3.63, 3.8) is 0 Å². The van der Waals surface area contributed by atoms with Gasteiger partial charge in [0.05, 0.1) is 37.1 Å². The monoisotopic (exact) mass is 572 g/mol. The number of methoxy groups -OCH3 is 1. The Kier molecular flexibility index (Phi) is 7.50. The van der Waals surface area contributed by atoms with Gasteiger partial charge < -0.3 is 28.8 Å². The molecular weight excluding hydrogens is 520 g/mol. The minimum atomic E-state index is -2.14. The van der Waals surface area contributed by atoms with Gasteiger partial charge in [-0.15, -0.1) is 0 Å². The molecule has 7 heteroatoms. The van der Waals surface area contributed by atoms with Gasteiger partial charge in [0.1, 0.15) is 5.75 Å². The summed E-state index contributed by atoms with van der Waals surface area (Å²) < 4.78 is 26.6. The molecule has 3 aliphatic carbocycles. The Bertz CT molecular complexity index is 1110. The van der Waals surface area contributed by atoms with Crippen LogP contribution in [0.2, 0.25) is 18.1 Å². The fourth-order valence-electron chi connectivity index (χ4n) is 8.14. The van der Waals surface area contributed by atoms with Gasteiger partial charge in [-0.05, 0) is 74.2 Å². The van der Waals surface area contributed by atoms with Crippen LogP contribution in [0.25, 0.3) is 0 Å². The molecule has 2 bridgehead atoms. The molecular formula is C33H52O6Si. The first kappa shape index (κ1) is 30.2. The molecule has 6 nitrogen and oxygen atoms in total. The molecule has 3 saturated carbocycles. The predicted octanol–water partition coefficient (Wildman–Crippen LogP) is 6.77. The van der Waals surface area contributed by atoms with E-state index in [9.17, 15) is 10.2 Å². The molecule has 4 aliphatic rings. The van der Waals surface area contributed by atoms with E-state index in [0.29, 0.717) is 12.8 Å². The normalized spacial score (nSPS) is 41.5. The Morgan fingerprint density at radius 3 is 2.30 bits per heavy atom. The summed E-state index contributed by atoms with van der Waals surface area (Å²) in [5.41, 5.74) is -0.190. The summed E-state index contributed by atoms with van der Waals surface area (Å²) in [5.74, 6) is 0.731. The van der Waals surface area contributed by atoms with Crippen molar-refractivity contribution in [2.24, 2.45) is 22.7 Å². The van der Waals surface area contributed by atoms with E-state index in [1.54, 1.807) is 7.11 Å². The van der Waals surface area contributed by atoms with Crippen LogP contribution in [-0.2, 0) is 13.9 Å². The molecule has 224 valence electrons. The second-order valence-electron chi connectivity index (χ2n) is 15.3. The number of ether oxygens (including phenoxy) is 3. The van der Waals surface area contributed by atoms with Crippen LogP contribution >= 0.6 is 0 Å². The summed E-state index contributed by atoms with van der Waals surface area (Å²) in [6, 6.07) is 7.91. The molecule has 1 aromatic rings. The number of rotatable bonds is 4. The van der Waals surface area contributed by atoms with Crippen molar-refractivity contribution in [3.8, 4) is 5.75 Å². The van der Waals surface area contributed by atoms with Gasteiger partial charge in [0.2, 0.25) is 0 Å². The predicted molar refractivity (Wildman–Crippen MR) is 160 cm³/mol. The number of benzene rings is 1. The van der Waals surface area contributed by atoms with Gasteiger partial charge >= 0.3 is 0 Å². The zero-order valence-electron chi connectivity index (χ0n) is 26.1. The quantitative estimate of drug-likeness (QED) is 0.306. The number of hydrogen-bond donors (Lipinski definition) is 2. The lowest BCUT2D eigenvalue weighted by Crippen LogP contribution is -2.60. The fourth-order valence-corrected chi connectivity index (χ4v) is 9.57. The average Bonchev–Trinajstić information content (AvgIpc) is 3.42. The zero-order valence-corrected chi connectivity index (χ0v) is 27.1. The molecule has 0 amide bonds. The molecule has 1 aromatic carbocycles. The molecule has 1 saturated heterocycles. The summed E-state index contributed by atoms with van der Waals surface area (Å²) in [7, 11) is -0.477. The van der Waals surface area contributed by atoms with Crippen molar-refractivity contribution in [3.05, 3.63) is 42.0 Å². The summed E-state index contributed by atoms with van der Waals surface area (Å²) in [6.07, 6.45) is 1.46. The van der Waals surface area contributed by atoms with Gasteiger partial charge in [0.25, 0.3) is 0 Å². The van der Waals surface area contributed by atoms with E-state index in [1.807, 2.05) is 24.3 Å². The standard InChI is InChI=1S/C33H52O6Si/c1-20-11-16-26(39-40(9,10)30(2,3)4)32(7)24(20)19-25(34)33(35)18-17-23(31(33,5)6)27-28(32)38-29(37-27)21-12-14-22(36-8)15-13-21/h12-15,23-29,34-35H,1,11,16-19H2,2-10H3/t23-,24-,25+,26+,27-,28-,29+,32+,33-/m1/s1. The lowest BCUT2D eigenvalue weighted by molar-refractivity contribution is -0.163. The van der Waals surface area contributed by atoms with Crippen LogP contribution in [0.4, 0.5) is 0 Å². The molecule has 4 fully saturated rings. The smallest absolute Gasteiger partial charge is 0.192 e.